The third-order valence-electron chi connectivity index (χ3n) is 2.97. The first kappa shape index (κ1) is 10.1. The van der Waals surface area contributed by atoms with Crippen molar-refractivity contribution in [1.29, 1.82) is 0 Å². The summed E-state index contributed by atoms with van der Waals surface area (Å²) in [5.41, 5.74) is 1.12. The van der Waals surface area contributed by atoms with Gasteiger partial charge in [0, 0.05) is 25.9 Å². The topological polar surface area (TPSA) is 20.3 Å². The van der Waals surface area contributed by atoms with Gasteiger partial charge in [-0.2, -0.15) is 0 Å². The first-order valence-electron chi connectivity index (χ1n) is 5.16. The van der Waals surface area contributed by atoms with Crippen LogP contribution in [0.1, 0.15) is 24.3 Å². The van der Waals surface area contributed by atoms with Gasteiger partial charge in [0.2, 0.25) is 5.91 Å². The SMILES string of the molecule is CN1CC(c2ccc(F)cc2)CCC1=O. The van der Waals surface area contributed by atoms with Crippen LogP contribution < -0.4 is 0 Å². The van der Waals surface area contributed by atoms with Gasteiger partial charge in [0.15, 0.2) is 0 Å². The molecule has 15 heavy (non-hydrogen) atoms. The third kappa shape index (κ3) is 2.17. The summed E-state index contributed by atoms with van der Waals surface area (Å²) in [4.78, 5) is 13.0. The Morgan fingerprint density at radius 2 is 2.00 bits per heavy atom. The molecule has 1 fully saturated rings. The monoisotopic (exact) mass is 207 g/mol. The van der Waals surface area contributed by atoms with E-state index in [1.165, 1.54) is 12.1 Å². The fourth-order valence-corrected chi connectivity index (χ4v) is 2.02. The molecule has 1 saturated heterocycles. The highest BCUT2D eigenvalue weighted by Crippen LogP contribution is 2.26. The van der Waals surface area contributed by atoms with Crippen LogP contribution >= 0.6 is 0 Å². The van der Waals surface area contributed by atoms with Gasteiger partial charge in [0.05, 0.1) is 0 Å². The van der Waals surface area contributed by atoms with Gasteiger partial charge in [-0.25, -0.2) is 4.39 Å². The summed E-state index contributed by atoms with van der Waals surface area (Å²) in [6.45, 7) is 0.741. The minimum Gasteiger partial charge on any atom is -0.345 e. The number of hydrogen-bond donors (Lipinski definition) is 0. The molecule has 1 aliphatic heterocycles. The van der Waals surface area contributed by atoms with Crippen LogP contribution in [0, 0.1) is 5.82 Å². The van der Waals surface area contributed by atoms with Gasteiger partial charge in [0.1, 0.15) is 5.82 Å². The smallest absolute Gasteiger partial charge is 0.222 e. The van der Waals surface area contributed by atoms with Crippen LogP contribution in [0.5, 0.6) is 0 Å². The molecule has 0 spiro atoms. The molecule has 0 bridgehead atoms. The van der Waals surface area contributed by atoms with Crippen molar-refractivity contribution in [3.05, 3.63) is 35.6 Å². The number of hydrogen-bond acceptors (Lipinski definition) is 1. The lowest BCUT2D eigenvalue weighted by Gasteiger charge is -2.29. The Labute approximate surface area is 88.7 Å². The second-order valence-electron chi connectivity index (χ2n) is 4.06. The Morgan fingerprint density at radius 3 is 2.60 bits per heavy atom. The molecule has 3 heteroatoms. The number of nitrogens with zero attached hydrogens (tertiary/aromatic N) is 1. The zero-order valence-electron chi connectivity index (χ0n) is 8.74. The molecule has 1 aromatic rings. The highest BCUT2D eigenvalue weighted by Gasteiger charge is 2.23. The van der Waals surface area contributed by atoms with Crippen LogP contribution in [0.4, 0.5) is 4.39 Å². The number of carbonyl (C=O) groups excluding carboxylic acids is 1. The van der Waals surface area contributed by atoms with Gasteiger partial charge in [-0.15, -0.1) is 0 Å². The maximum absolute atomic E-state index is 12.7. The van der Waals surface area contributed by atoms with Gasteiger partial charge >= 0.3 is 0 Å². The van der Waals surface area contributed by atoms with E-state index in [0.29, 0.717) is 12.3 Å². The number of amides is 1. The highest BCUT2D eigenvalue weighted by atomic mass is 19.1. The van der Waals surface area contributed by atoms with Crippen molar-refractivity contribution in [1.82, 2.24) is 4.90 Å². The summed E-state index contributed by atoms with van der Waals surface area (Å²) in [6.07, 6.45) is 1.47. The van der Waals surface area contributed by atoms with Crippen molar-refractivity contribution in [3.63, 3.8) is 0 Å². The van der Waals surface area contributed by atoms with Crippen molar-refractivity contribution in [2.75, 3.05) is 13.6 Å². The largest absolute Gasteiger partial charge is 0.345 e. The van der Waals surface area contributed by atoms with Gasteiger partial charge < -0.3 is 4.90 Å². The first-order valence-corrected chi connectivity index (χ1v) is 5.16. The van der Waals surface area contributed by atoms with E-state index in [2.05, 4.69) is 0 Å². The molecule has 0 aliphatic carbocycles. The Morgan fingerprint density at radius 1 is 1.33 bits per heavy atom. The lowest BCUT2D eigenvalue weighted by atomic mass is 9.90. The van der Waals surface area contributed by atoms with Crippen molar-refractivity contribution >= 4 is 5.91 Å². The van der Waals surface area contributed by atoms with Crippen molar-refractivity contribution < 1.29 is 9.18 Å². The molecule has 1 heterocycles. The number of carbonyl (C=O) groups is 1. The summed E-state index contributed by atoms with van der Waals surface area (Å²) in [5, 5.41) is 0. The average Bonchev–Trinajstić information content (AvgIpc) is 2.23. The molecule has 0 N–H and O–H groups in total. The zero-order chi connectivity index (χ0) is 10.8. The molecular weight excluding hydrogens is 193 g/mol. The summed E-state index contributed by atoms with van der Waals surface area (Å²) in [6, 6.07) is 6.57. The Balaban J connectivity index is 2.12. The van der Waals surface area contributed by atoms with Crippen LogP contribution in [-0.4, -0.2) is 24.4 Å². The molecule has 0 saturated carbocycles. The maximum Gasteiger partial charge on any atom is 0.222 e. The van der Waals surface area contributed by atoms with Crippen LogP contribution in [0.2, 0.25) is 0 Å². The van der Waals surface area contributed by atoms with E-state index in [1.54, 1.807) is 4.90 Å². The Bertz CT molecular complexity index is 360. The van der Waals surface area contributed by atoms with Crippen molar-refractivity contribution in [2.24, 2.45) is 0 Å². The summed E-state index contributed by atoms with van der Waals surface area (Å²) in [5.74, 6) is 0.348. The van der Waals surface area contributed by atoms with Gasteiger partial charge in [-0.3, -0.25) is 4.79 Å². The molecule has 2 rings (SSSR count). The second kappa shape index (κ2) is 4.01. The molecular formula is C12H14FNO. The number of halogens is 1. The van der Waals surface area contributed by atoms with E-state index >= 15 is 0 Å². The molecule has 1 atom stereocenters. The van der Waals surface area contributed by atoms with Crippen LogP contribution in [-0.2, 0) is 4.79 Å². The molecule has 80 valence electrons. The normalized spacial score (nSPS) is 21.9. The predicted molar refractivity (Wildman–Crippen MR) is 56.0 cm³/mol. The van der Waals surface area contributed by atoms with Crippen molar-refractivity contribution in [3.8, 4) is 0 Å². The average molecular weight is 207 g/mol. The molecule has 1 aromatic carbocycles. The number of benzene rings is 1. The maximum atomic E-state index is 12.7. The first-order chi connectivity index (χ1) is 7.16. The van der Waals surface area contributed by atoms with Crippen LogP contribution in [0.25, 0.3) is 0 Å². The summed E-state index contributed by atoms with van der Waals surface area (Å²) >= 11 is 0. The van der Waals surface area contributed by atoms with E-state index in [1.807, 2.05) is 19.2 Å². The van der Waals surface area contributed by atoms with Gasteiger partial charge in [-0.1, -0.05) is 12.1 Å². The summed E-state index contributed by atoms with van der Waals surface area (Å²) < 4.78 is 12.7. The molecule has 1 aliphatic rings. The molecule has 1 unspecified atom stereocenters. The van der Waals surface area contributed by atoms with Gasteiger partial charge in [0.25, 0.3) is 0 Å². The molecule has 0 radical (unpaired) electrons. The van der Waals surface area contributed by atoms with E-state index in [-0.39, 0.29) is 11.7 Å². The highest BCUT2D eigenvalue weighted by molar-refractivity contribution is 5.76. The minimum absolute atomic E-state index is 0.202. The van der Waals surface area contributed by atoms with Crippen LogP contribution in [0.15, 0.2) is 24.3 Å². The molecule has 0 aromatic heterocycles. The predicted octanol–water partition coefficient (Wildman–Crippen LogP) is 2.16. The van der Waals surface area contributed by atoms with E-state index < -0.39 is 0 Å². The minimum atomic E-state index is -0.209. The molecule has 1 amide bonds. The standard InChI is InChI=1S/C12H14FNO/c1-14-8-10(4-7-12(14)15)9-2-5-11(13)6-3-9/h2-3,5-6,10H,4,7-8H2,1H3. The zero-order valence-corrected chi connectivity index (χ0v) is 8.74. The fraction of sp³-hybridized carbons (Fsp3) is 0.417. The third-order valence-corrected chi connectivity index (χ3v) is 2.97. The lowest BCUT2D eigenvalue weighted by Crippen LogP contribution is -2.35. The van der Waals surface area contributed by atoms with E-state index in [0.717, 1.165) is 18.5 Å². The quantitative estimate of drug-likeness (QED) is 0.691. The second-order valence-corrected chi connectivity index (χ2v) is 4.06. The number of likely N-dealkylation sites (N-methyl/N-ethyl adjacent to an activating group) is 1. The summed E-state index contributed by atoms with van der Waals surface area (Å²) in [7, 11) is 1.82. The Hall–Kier alpha value is -1.38. The van der Waals surface area contributed by atoms with Crippen molar-refractivity contribution in [2.45, 2.75) is 18.8 Å². The van der Waals surface area contributed by atoms with E-state index in [9.17, 15) is 9.18 Å². The van der Waals surface area contributed by atoms with E-state index in [4.69, 9.17) is 0 Å². The fourth-order valence-electron chi connectivity index (χ4n) is 2.02. The lowest BCUT2D eigenvalue weighted by molar-refractivity contribution is -0.132. The molecule has 2 nitrogen and oxygen atoms in total. The number of likely N-dealkylation sites (tertiary alicyclic amines) is 1. The number of rotatable bonds is 1. The van der Waals surface area contributed by atoms with Crippen LogP contribution in [0.3, 0.4) is 0 Å². The Kier molecular flexibility index (Phi) is 2.71. The van der Waals surface area contributed by atoms with Gasteiger partial charge in [-0.05, 0) is 24.1 Å². The number of piperidine rings is 1.